The number of rotatable bonds is 1. The first-order valence-electron chi connectivity index (χ1n) is 6.15. The van der Waals surface area contributed by atoms with Gasteiger partial charge in [-0.05, 0) is 42.2 Å². The van der Waals surface area contributed by atoms with Gasteiger partial charge in [0, 0.05) is 18.3 Å². The fraction of sp³-hybridized carbons (Fsp3) is 0.200. The van der Waals surface area contributed by atoms with Crippen LogP contribution in [0.5, 0.6) is 0 Å². The Hall–Kier alpha value is -2.54. The molecule has 0 saturated carbocycles. The summed E-state index contributed by atoms with van der Waals surface area (Å²) in [6.07, 6.45) is 1.68. The molecule has 1 aromatic heterocycles. The maximum Gasteiger partial charge on any atom is 0.120 e. The van der Waals surface area contributed by atoms with E-state index in [-0.39, 0.29) is 0 Å². The fourth-order valence-corrected chi connectivity index (χ4v) is 2.65. The van der Waals surface area contributed by atoms with E-state index < -0.39 is 0 Å². The minimum absolute atomic E-state index is 0.646. The molecule has 0 fully saturated rings. The Bertz CT molecular complexity index is 719. The summed E-state index contributed by atoms with van der Waals surface area (Å²) in [5, 5.41) is 21.2. The lowest BCUT2D eigenvalue weighted by Gasteiger charge is -2.07. The normalized spacial score (nSPS) is 15.5. The summed E-state index contributed by atoms with van der Waals surface area (Å²) in [4.78, 5) is 0. The Morgan fingerprint density at radius 3 is 2.79 bits per heavy atom. The molecule has 0 amide bonds. The first-order valence-corrected chi connectivity index (χ1v) is 6.15. The van der Waals surface area contributed by atoms with E-state index in [1.807, 2.05) is 35.9 Å². The smallest absolute Gasteiger partial charge is 0.120 e. The molecule has 94 valence electrons. The number of oxime groups is 1. The summed E-state index contributed by atoms with van der Waals surface area (Å²) in [5.74, 6) is 0. The summed E-state index contributed by atoms with van der Waals surface area (Å²) in [5.41, 5.74) is 5.74. The topological polar surface area (TPSA) is 61.3 Å². The number of aromatic nitrogens is 1. The highest BCUT2D eigenvalue weighted by Gasteiger charge is 2.19. The van der Waals surface area contributed by atoms with E-state index in [9.17, 15) is 0 Å². The molecule has 3 rings (SSSR count). The first kappa shape index (κ1) is 11.5. The minimum atomic E-state index is 0.646. The molecule has 1 heterocycles. The summed E-state index contributed by atoms with van der Waals surface area (Å²) in [6.45, 7) is 0. The second-order valence-electron chi connectivity index (χ2n) is 4.69. The van der Waals surface area contributed by atoms with Gasteiger partial charge < -0.3 is 9.77 Å². The summed E-state index contributed by atoms with van der Waals surface area (Å²) in [6, 6.07) is 12.1. The Morgan fingerprint density at radius 1 is 1.26 bits per heavy atom. The molecule has 4 nitrogen and oxygen atoms in total. The van der Waals surface area contributed by atoms with Crippen LogP contribution in [0.3, 0.4) is 0 Å². The molecule has 0 spiro atoms. The second kappa shape index (κ2) is 4.29. The summed E-state index contributed by atoms with van der Waals surface area (Å²) < 4.78 is 1.89. The van der Waals surface area contributed by atoms with Crippen LogP contribution in [0.4, 0.5) is 0 Å². The predicted molar refractivity (Wildman–Crippen MR) is 72.2 cm³/mol. The zero-order valence-corrected chi connectivity index (χ0v) is 10.6. The van der Waals surface area contributed by atoms with Crippen LogP contribution in [0.1, 0.15) is 23.2 Å². The van der Waals surface area contributed by atoms with Crippen LogP contribution in [0, 0.1) is 11.3 Å². The van der Waals surface area contributed by atoms with Gasteiger partial charge in [0.05, 0.1) is 5.71 Å². The molecule has 0 saturated heterocycles. The van der Waals surface area contributed by atoms with Gasteiger partial charge in [0.15, 0.2) is 0 Å². The molecule has 4 heteroatoms. The van der Waals surface area contributed by atoms with E-state index in [2.05, 4.69) is 17.3 Å². The van der Waals surface area contributed by atoms with E-state index in [0.29, 0.717) is 5.69 Å². The predicted octanol–water partition coefficient (Wildman–Crippen LogP) is 2.69. The number of benzene rings is 1. The molecule has 19 heavy (non-hydrogen) atoms. The van der Waals surface area contributed by atoms with Gasteiger partial charge in [-0.3, -0.25) is 0 Å². The van der Waals surface area contributed by atoms with Crippen molar-refractivity contribution in [3.8, 4) is 17.3 Å². The van der Waals surface area contributed by atoms with Gasteiger partial charge in [-0.25, -0.2) is 0 Å². The van der Waals surface area contributed by atoms with E-state index in [1.165, 1.54) is 5.56 Å². The van der Waals surface area contributed by atoms with Gasteiger partial charge in [0.1, 0.15) is 11.8 Å². The van der Waals surface area contributed by atoms with Crippen molar-refractivity contribution >= 4 is 5.71 Å². The summed E-state index contributed by atoms with van der Waals surface area (Å²) >= 11 is 0. The van der Waals surface area contributed by atoms with Crippen LogP contribution in [-0.2, 0) is 13.5 Å². The third-order valence-electron chi connectivity index (χ3n) is 3.70. The molecule has 1 aliphatic carbocycles. The van der Waals surface area contributed by atoms with Crippen molar-refractivity contribution in [3.63, 3.8) is 0 Å². The zero-order chi connectivity index (χ0) is 13.4. The van der Waals surface area contributed by atoms with Gasteiger partial charge in [-0.1, -0.05) is 17.3 Å². The standard InChI is InChI=1S/C15H13N3O/c1-18-12(9-16)4-7-15(18)11-2-5-13-10(8-11)3-6-14(13)17-19/h2,4-5,7-8,19H,3,6H2,1H3/b17-14-. The van der Waals surface area contributed by atoms with Crippen molar-refractivity contribution in [2.24, 2.45) is 12.2 Å². The zero-order valence-electron chi connectivity index (χ0n) is 10.6. The van der Waals surface area contributed by atoms with E-state index in [0.717, 1.165) is 35.4 Å². The van der Waals surface area contributed by atoms with Crippen molar-refractivity contribution < 1.29 is 5.21 Å². The lowest BCUT2D eigenvalue weighted by atomic mass is 10.0. The van der Waals surface area contributed by atoms with Crippen LogP contribution < -0.4 is 0 Å². The number of aryl methyl sites for hydroxylation is 1. The lowest BCUT2D eigenvalue weighted by Crippen LogP contribution is -1.96. The molecule has 0 aliphatic heterocycles. The number of hydrogen-bond acceptors (Lipinski definition) is 3. The number of fused-ring (bicyclic) bond motifs is 1. The molecule has 1 aromatic carbocycles. The highest BCUT2D eigenvalue weighted by Crippen LogP contribution is 2.29. The number of nitriles is 1. The van der Waals surface area contributed by atoms with E-state index in [4.69, 9.17) is 10.5 Å². The van der Waals surface area contributed by atoms with Crippen molar-refractivity contribution in [2.45, 2.75) is 12.8 Å². The van der Waals surface area contributed by atoms with Crippen molar-refractivity contribution in [2.75, 3.05) is 0 Å². The largest absolute Gasteiger partial charge is 0.411 e. The van der Waals surface area contributed by atoms with Crippen molar-refractivity contribution in [1.29, 1.82) is 5.26 Å². The van der Waals surface area contributed by atoms with E-state index >= 15 is 0 Å². The van der Waals surface area contributed by atoms with Gasteiger partial charge in [-0.15, -0.1) is 0 Å². The Labute approximate surface area is 111 Å². The van der Waals surface area contributed by atoms with Crippen LogP contribution in [0.25, 0.3) is 11.3 Å². The van der Waals surface area contributed by atoms with Crippen molar-refractivity contribution in [3.05, 3.63) is 47.2 Å². The monoisotopic (exact) mass is 251 g/mol. The van der Waals surface area contributed by atoms with Gasteiger partial charge in [-0.2, -0.15) is 5.26 Å². The Balaban J connectivity index is 2.09. The third kappa shape index (κ3) is 1.71. The van der Waals surface area contributed by atoms with Crippen molar-refractivity contribution in [1.82, 2.24) is 4.57 Å². The molecular formula is C15H13N3O. The maximum absolute atomic E-state index is 8.99. The maximum atomic E-state index is 8.99. The molecule has 2 aromatic rings. The second-order valence-corrected chi connectivity index (χ2v) is 4.69. The highest BCUT2D eigenvalue weighted by atomic mass is 16.4. The Morgan fingerprint density at radius 2 is 2.11 bits per heavy atom. The Kier molecular flexibility index (Phi) is 2.60. The average Bonchev–Trinajstić information content (AvgIpc) is 3.00. The van der Waals surface area contributed by atoms with Crippen LogP contribution in [0.15, 0.2) is 35.5 Å². The van der Waals surface area contributed by atoms with Crippen LogP contribution >= 0.6 is 0 Å². The molecule has 1 aliphatic rings. The number of nitrogens with zero attached hydrogens (tertiary/aromatic N) is 3. The molecule has 0 atom stereocenters. The molecular weight excluding hydrogens is 238 g/mol. The minimum Gasteiger partial charge on any atom is -0.411 e. The highest BCUT2D eigenvalue weighted by molar-refractivity contribution is 6.04. The quantitative estimate of drug-likeness (QED) is 0.625. The van der Waals surface area contributed by atoms with Gasteiger partial charge in [0.2, 0.25) is 0 Å². The molecule has 0 bridgehead atoms. The van der Waals surface area contributed by atoms with E-state index in [1.54, 1.807) is 0 Å². The third-order valence-corrected chi connectivity index (χ3v) is 3.70. The SMILES string of the molecule is Cn1c(C#N)ccc1-c1ccc2c(c1)CC/C2=N/O. The first-order chi connectivity index (χ1) is 9.24. The van der Waals surface area contributed by atoms with Crippen LogP contribution in [-0.4, -0.2) is 15.5 Å². The summed E-state index contributed by atoms with van der Waals surface area (Å²) in [7, 11) is 1.89. The number of hydrogen-bond donors (Lipinski definition) is 1. The van der Waals surface area contributed by atoms with Gasteiger partial charge in [0.25, 0.3) is 0 Å². The van der Waals surface area contributed by atoms with Gasteiger partial charge >= 0.3 is 0 Å². The average molecular weight is 251 g/mol. The van der Waals surface area contributed by atoms with Crippen LogP contribution in [0.2, 0.25) is 0 Å². The fourth-order valence-electron chi connectivity index (χ4n) is 2.65. The molecule has 0 radical (unpaired) electrons. The lowest BCUT2D eigenvalue weighted by molar-refractivity contribution is 0.318. The molecule has 0 unspecified atom stereocenters. The molecule has 1 N–H and O–H groups in total.